The lowest BCUT2D eigenvalue weighted by Gasteiger charge is -2.13. The minimum absolute atomic E-state index is 0.0162. The summed E-state index contributed by atoms with van der Waals surface area (Å²) in [4.78, 5) is 11.9. The van der Waals surface area contributed by atoms with Crippen LogP contribution in [0, 0.1) is 5.82 Å². The van der Waals surface area contributed by atoms with E-state index in [0.29, 0.717) is 12.1 Å². The molecule has 1 aromatic carbocycles. The van der Waals surface area contributed by atoms with Crippen LogP contribution in [0.3, 0.4) is 0 Å². The first-order valence-electron chi connectivity index (χ1n) is 6.88. The van der Waals surface area contributed by atoms with E-state index in [1.54, 1.807) is 29.5 Å². The molecule has 0 bridgehead atoms. The summed E-state index contributed by atoms with van der Waals surface area (Å²) < 4.78 is 16.0. The molecule has 0 saturated heterocycles. The number of halogens is 1. The van der Waals surface area contributed by atoms with E-state index < -0.39 is 5.97 Å². The van der Waals surface area contributed by atoms with Gasteiger partial charge in [-0.15, -0.1) is 11.3 Å². The van der Waals surface area contributed by atoms with Crippen LogP contribution in [0.15, 0.2) is 53.9 Å². The van der Waals surface area contributed by atoms with Crippen LogP contribution in [-0.2, 0) is 11.2 Å². The van der Waals surface area contributed by atoms with E-state index >= 15 is 0 Å². The molecule has 0 unspecified atom stereocenters. The highest BCUT2D eigenvalue weighted by molar-refractivity contribution is 7.13. The predicted octanol–water partition coefficient (Wildman–Crippen LogP) is 4.36. The highest BCUT2D eigenvalue weighted by atomic mass is 32.1. The quantitative estimate of drug-likeness (QED) is 0.760. The van der Waals surface area contributed by atoms with Crippen molar-refractivity contribution in [1.82, 2.24) is 4.57 Å². The van der Waals surface area contributed by atoms with Crippen molar-refractivity contribution in [1.29, 1.82) is 0 Å². The maximum atomic E-state index is 14.2. The second-order valence-electron chi connectivity index (χ2n) is 4.87. The largest absolute Gasteiger partial charge is 0.481 e. The Labute approximate surface area is 131 Å². The number of para-hydroxylation sites is 1. The van der Waals surface area contributed by atoms with Crippen molar-refractivity contribution >= 4 is 17.3 Å². The zero-order chi connectivity index (χ0) is 15.5. The highest BCUT2D eigenvalue weighted by Gasteiger charge is 2.15. The topological polar surface area (TPSA) is 42.2 Å². The zero-order valence-corrected chi connectivity index (χ0v) is 12.5. The van der Waals surface area contributed by atoms with Gasteiger partial charge in [0.25, 0.3) is 0 Å². The van der Waals surface area contributed by atoms with E-state index in [-0.39, 0.29) is 12.2 Å². The van der Waals surface area contributed by atoms with Crippen molar-refractivity contribution in [3.05, 3.63) is 65.4 Å². The molecule has 112 valence electrons. The Balaban J connectivity index is 2.13. The molecule has 0 atom stereocenters. The lowest BCUT2D eigenvalue weighted by molar-refractivity contribution is -0.136. The number of aliphatic carboxylic acids is 1. The lowest BCUT2D eigenvalue weighted by Crippen LogP contribution is -2.06. The van der Waals surface area contributed by atoms with Crippen LogP contribution in [-0.4, -0.2) is 15.6 Å². The van der Waals surface area contributed by atoms with Gasteiger partial charge < -0.3 is 9.67 Å². The van der Waals surface area contributed by atoms with Gasteiger partial charge in [0.2, 0.25) is 0 Å². The van der Waals surface area contributed by atoms with Crippen LogP contribution < -0.4 is 0 Å². The minimum Gasteiger partial charge on any atom is -0.481 e. The summed E-state index contributed by atoms with van der Waals surface area (Å²) in [7, 11) is 0. The van der Waals surface area contributed by atoms with Crippen LogP contribution >= 0.6 is 11.3 Å². The Hall–Kier alpha value is -2.40. The van der Waals surface area contributed by atoms with Gasteiger partial charge in [0, 0.05) is 5.69 Å². The average molecular weight is 315 g/mol. The van der Waals surface area contributed by atoms with Crippen molar-refractivity contribution in [2.75, 3.05) is 0 Å². The van der Waals surface area contributed by atoms with Gasteiger partial charge in [-0.2, -0.15) is 0 Å². The van der Waals surface area contributed by atoms with Crippen molar-refractivity contribution in [3.8, 4) is 16.3 Å². The molecule has 0 saturated carbocycles. The van der Waals surface area contributed by atoms with Crippen LogP contribution in [0.25, 0.3) is 16.3 Å². The molecule has 0 fully saturated rings. The third-order valence-corrected chi connectivity index (χ3v) is 4.32. The summed E-state index contributed by atoms with van der Waals surface area (Å²) >= 11 is 1.57. The number of aryl methyl sites for hydroxylation is 1. The molecular weight excluding hydrogens is 301 g/mol. The molecule has 0 aliphatic heterocycles. The van der Waals surface area contributed by atoms with Crippen LogP contribution in [0.5, 0.6) is 0 Å². The molecule has 3 nitrogen and oxygen atoms in total. The third kappa shape index (κ3) is 2.80. The summed E-state index contributed by atoms with van der Waals surface area (Å²) in [5.41, 5.74) is 2.10. The number of thiophene rings is 1. The first-order chi connectivity index (χ1) is 10.7. The van der Waals surface area contributed by atoms with E-state index in [2.05, 4.69) is 0 Å². The number of nitrogens with zero attached hydrogens (tertiary/aromatic N) is 1. The molecule has 3 rings (SSSR count). The van der Waals surface area contributed by atoms with Crippen LogP contribution in [0.2, 0.25) is 0 Å². The fraction of sp³-hybridized carbons (Fsp3) is 0.118. The van der Waals surface area contributed by atoms with Crippen molar-refractivity contribution < 1.29 is 14.3 Å². The number of rotatable bonds is 5. The van der Waals surface area contributed by atoms with Crippen LogP contribution in [0.1, 0.15) is 12.1 Å². The predicted molar refractivity (Wildman–Crippen MR) is 85.0 cm³/mol. The smallest absolute Gasteiger partial charge is 0.303 e. The van der Waals surface area contributed by atoms with E-state index in [1.165, 1.54) is 6.07 Å². The van der Waals surface area contributed by atoms with Gasteiger partial charge in [-0.3, -0.25) is 4.79 Å². The summed E-state index contributed by atoms with van der Waals surface area (Å²) in [6.45, 7) is 0. The summed E-state index contributed by atoms with van der Waals surface area (Å²) in [6.07, 6.45) is 0.372. The maximum Gasteiger partial charge on any atom is 0.303 e. The average Bonchev–Trinajstić information content (AvgIpc) is 3.14. The number of carboxylic acids is 1. The van der Waals surface area contributed by atoms with Gasteiger partial charge in [-0.1, -0.05) is 18.2 Å². The number of aromatic nitrogens is 1. The Bertz CT molecular complexity index is 793. The molecule has 3 aromatic rings. The summed E-state index contributed by atoms with van der Waals surface area (Å²) in [5.74, 6) is -1.19. The Morgan fingerprint density at radius 3 is 2.64 bits per heavy atom. The van der Waals surface area contributed by atoms with Crippen LogP contribution in [0.4, 0.5) is 4.39 Å². The summed E-state index contributed by atoms with van der Waals surface area (Å²) in [6, 6.07) is 14.2. The minimum atomic E-state index is -0.862. The molecule has 0 aliphatic carbocycles. The number of benzene rings is 1. The molecule has 0 radical (unpaired) electrons. The number of hydrogen-bond donors (Lipinski definition) is 1. The van der Waals surface area contributed by atoms with Crippen molar-refractivity contribution in [2.45, 2.75) is 12.8 Å². The van der Waals surface area contributed by atoms with E-state index in [0.717, 1.165) is 16.3 Å². The Morgan fingerprint density at radius 2 is 1.95 bits per heavy atom. The number of carboxylic acid groups (broad SMARTS) is 1. The number of hydrogen-bond acceptors (Lipinski definition) is 2. The molecule has 0 spiro atoms. The maximum absolute atomic E-state index is 14.2. The molecule has 2 aromatic heterocycles. The number of carbonyl (C=O) groups is 1. The highest BCUT2D eigenvalue weighted by Crippen LogP contribution is 2.31. The Kier molecular flexibility index (Phi) is 4.06. The second kappa shape index (κ2) is 6.15. The van der Waals surface area contributed by atoms with Gasteiger partial charge in [0.15, 0.2) is 0 Å². The van der Waals surface area contributed by atoms with Crippen molar-refractivity contribution in [2.24, 2.45) is 0 Å². The first kappa shape index (κ1) is 14.5. The molecule has 5 heteroatoms. The van der Waals surface area contributed by atoms with E-state index in [4.69, 9.17) is 5.11 Å². The van der Waals surface area contributed by atoms with Gasteiger partial charge in [-0.25, -0.2) is 4.39 Å². The normalized spacial score (nSPS) is 10.8. The van der Waals surface area contributed by atoms with Gasteiger partial charge >= 0.3 is 5.97 Å². The molecular formula is C17H14FNO2S. The van der Waals surface area contributed by atoms with Crippen molar-refractivity contribution in [3.63, 3.8) is 0 Å². The van der Waals surface area contributed by atoms with E-state index in [9.17, 15) is 9.18 Å². The summed E-state index contributed by atoms with van der Waals surface area (Å²) in [5, 5.41) is 10.9. The molecule has 0 aliphatic rings. The fourth-order valence-corrected chi connectivity index (χ4v) is 3.18. The van der Waals surface area contributed by atoms with Gasteiger partial charge in [-0.05, 0) is 42.1 Å². The standard InChI is InChI=1S/C17H14FNO2S/c18-13-4-1-2-5-14(13)19-12(8-10-17(20)21)7-9-15(19)16-6-3-11-22-16/h1-7,9,11H,8,10H2,(H,20,21). The second-order valence-corrected chi connectivity index (χ2v) is 5.82. The van der Waals surface area contributed by atoms with Gasteiger partial charge in [0.05, 0.1) is 22.7 Å². The molecule has 2 heterocycles. The SMILES string of the molecule is O=C(O)CCc1ccc(-c2cccs2)n1-c1ccccc1F. The lowest BCUT2D eigenvalue weighted by atomic mass is 10.2. The molecule has 1 N–H and O–H groups in total. The molecule has 22 heavy (non-hydrogen) atoms. The zero-order valence-electron chi connectivity index (χ0n) is 11.7. The fourth-order valence-electron chi connectivity index (χ4n) is 2.44. The monoisotopic (exact) mass is 315 g/mol. The van der Waals surface area contributed by atoms with Gasteiger partial charge in [0.1, 0.15) is 5.82 Å². The third-order valence-electron chi connectivity index (χ3n) is 3.42. The molecule has 0 amide bonds. The first-order valence-corrected chi connectivity index (χ1v) is 7.76. The Morgan fingerprint density at radius 1 is 1.14 bits per heavy atom. The van der Waals surface area contributed by atoms with E-state index in [1.807, 2.05) is 34.2 Å².